The zero-order chi connectivity index (χ0) is 13.8. The summed E-state index contributed by atoms with van der Waals surface area (Å²) in [6.07, 6.45) is 6.07. The van der Waals surface area contributed by atoms with E-state index in [2.05, 4.69) is 10.2 Å². The molecule has 1 amide bonds. The normalized spacial score (nSPS) is 28.0. The van der Waals surface area contributed by atoms with E-state index in [0.717, 1.165) is 45.9 Å². The van der Waals surface area contributed by atoms with Crippen molar-refractivity contribution in [1.82, 2.24) is 15.1 Å². The van der Waals surface area contributed by atoms with Crippen molar-refractivity contribution in [3.05, 3.63) is 0 Å². The average molecular weight is 281 g/mol. The fourth-order valence-electron chi connectivity index (χ4n) is 3.08. The Balaban J connectivity index is 1.31. The van der Waals surface area contributed by atoms with Crippen LogP contribution in [0.1, 0.15) is 32.1 Å². The molecule has 0 aromatic carbocycles. The third kappa shape index (κ3) is 4.17. The molecule has 1 unspecified atom stereocenters. The maximum atomic E-state index is 12.1. The van der Waals surface area contributed by atoms with E-state index in [9.17, 15) is 4.79 Å². The van der Waals surface area contributed by atoms with Gasteiger partial charge < -0.3 is 15.0 Å². The van der Waals surface area contributed by atoms with Crippen molar-refractivity contribution in [2.45, 2.75) is 44.2 Å². The summed E-state index contributed by atoms with van der Waals surface area (Å²) in [7, 11) is 0. The molecule has 114 valence electrons. The molecule has 1 N–H and O–H groups in total. The molecule has 0 spiro atoms. The zero-order valence-corrected chi connectivity index (χ0v) is 12.4. The van der Waals surface area contributed by atoms with Crippen molar-refractivity contribution in [2.75, 3.05) is 45.9 Å². The summed E-state index contributed by atoms with van der Waals surface area (Å²) < 4.78 is 5.68. The quantitative estimate of drug-likeness (QED) is 0.768. The Morgan fingerprint density at radius 1 is 1.15 bits per heavy atom. The fraction of sp³-hybridized carbons (Fsp3) is 0.933. The van der Waals surface area contributed by atoms with Gasteiger partial charge in [0.1, 0.15) is 0 Å². The molecule has 3 rings (SSSR count). The molecule has 20 heavy (non-hydrogen) atoms. The van der Waals surface area contributed by atoms with E-state index >= 15 is 0 Å². The number of nitrogens with one attached hydrogen (secondary N) is 1. The molecule has 2 saturated heterocycles. The molecule has 1 saturated carbocycles. The zero-order valence-electron chi connectivity index (χ0n) is 12.4. The first-order chi connectivity index (χ1) is 9.81. The highest BCUT2D eigenvalue weighted by Gasteiger charge is 2.25. The van der Waals surface area contributed by atoms with Gasteiger partial charge in [-0.1, -0.05) is 0 Å². The van der Waals surface area contributed by atoms with E-state index in [1.165, 1.54) is 25.7 Å². The minimum Gasteiger partial charge on any atom is -0.377 e. The number of carbonyl (C=O) groups excluding carboxylic acids is 1. The molecule has 2 heterocycles. The number of rotatable bonds is 6. The van der Waals surface area contributed by atoms with Crippen molar-refractivity contribution in [3.8, 4) is 0 Å². The summed E-state index contributed by atoms with van der Waals surface area (Å²) in [6.45, 7) is 6.59. The Kier molecular flexibility index (Phi) is 4.91. The van der Waals surface area contributed by atoms with E-state index < -0.39 is 0 Å². The number of nitrogens with zero attached hydrogens (tertiary/aromatic N) is 2. The van der Waals surface area contributed by atoms with Crippen LogP contribution in [-0.2, 0) is 9.53 Å². The minimum atomic E-state index is 0.315. The van der Waals surface area contributed by atoms with E-state index in [1.807, 2.05) is 4.90 Å². The topological polar surface area (TPSA) is 44.8 Å². The Morgan fingerprint density at radius 3 is 2.60 bits per heavy atom. The molecular weight excluding hydrogens is 254 g/mol. The summed E-state index contributed by atoms with van der Waals surface area (Å²) in [5, 5.41) is 3.41. The number of piperazine rings is 1. The average Bonchev–Trinajstić information content (AvgIpc) is 3.15. The lowest BCUT2D eigenvalue weighted by molar-refractivity contribution is -0.133. The van der Waals surface area contributed by atoms with Crippen LogP contribution in [0.15, 0.2) is 0 Å². The second-order valence-electron chi connectivity index (χ2n) is 6.29. The van der Waals surface area contributed by atoms with E-state index in [0.29, 0.717) is 24.5 Å². The van der Waals surface area contributed by atoms with Gasteiger partial charge in [-0.25, -0.2) is 0 Å². The van der Waals surface area contributed by atoms with E-state index in [1.54, 1.807) is 0 Å². The van der Waals surface area contributed by atoms with E-state index in [-0.39, 0.29) is 0 Å². The first-order valence-corrected chi connectivity index (χ1v) is 8.16. The van der Waals surface area contributed by atoms with Crippen molar-refractivity contribution in [2.24, 2.45) is 0 Å². The first kappa shape index (κ1) is 14.3. The fourth-order valence-corrected chi connectivity index (χ4v) is 3.08. The van der Waals surface area contributed by atoms with Crippen LogP contribution >= 0.6 is 0 Å². The van der Waals surface area contributed by atoms with Crippen molar-refractivity contribution in [1.29, 1.82) is 0 Å². The number of carbonyl (C=O) groups is 1. The van der Waals surface area contributed by atoms with Gasteiger partial charge in [0.25, 0.3) is 0 Å². The van der Waals surface area contributed by atoms with Crippen molar-refractivity contribution < 1.29 is 9.53 Å². The molecule has 0 radical (unpaired) electrons. The van der Waals surface area contributed by atoms with Crippen LogP contribution in [0, 0.1) is 0 Å². The van der Waals surface area contributed by atoms with Gasteiger partial charge in [-0.3, -0.25) is 9.69 Å². The predicted octanol–water partition coefficient (Wildman–Crippen LogP) is 0.452. The molecule has 2 aliphatic heterocycles. The highest BCUT2D eigenvalue weighted by atomic mass is 16.5. The molecule has 0 aromatic heterocycles. The summed E-state index contributed by atoms with van der Waals surface area (Å²) >= 11 is 0. The standard InChI is InChI=1S/C15H27N3O2/c19-15(5-6-16-13-3-4-13)18-9-7-17(8-10-18)12-14-2-1-11-20-14/h13-14,16H,1-12H2. The lowest BCUT2D eigenvalue weighted by Crippen LogP contribution is -2.50. The number of hydrogen-bond acceptors (Lipinski definition) is 4. The maximum absolute atomic E-state index is 12.1. The third-order valence-corrected chi connectivity index (χ3v) is 4.56. The lowest BCUT2D eigenvalue weighted by Gasteiger charge is -2.35. The highest BCUT2D eigenvalue weighted by Crippen LogP contribution is 2.18. The molecule has 3 fully saturated rings. The van der Waals surface area contributed by atoms with Gasteiger partial charge in [0.05, 0.1) is 6.10 Å². The molecule has 5 nitrogen and oxygen atoms in total. The highest BCUT2D eigenvalue weighted by molar-refractivity contribution is 5.76. The number of amides is 1. The van der Waals surface area contributed by atoms with Gasteiger partial charge >= 0.3 is 0 Å². The van der Waals surface area contributed by atoms with Gasteiger partial charge in [-0.15, -0.1) is 0 Å². The third-order valence-electron chi connectivity index (χ3n) is 4.56. The number of hydrogen-bond donors (Lipinski definition) is 1. The van der Waals surface area contributed by atoms with Crippen LogP contribution in [0.3, 0.4) is 0 Å². The second-order valence-corrected chi connectivity index (χ2v) is 6.29. The van der Waals surface area contributed by atoms with Crippen molar-refractivity contribution in [3.63, 3.8) is 0 Å². The minimum absolute atomic E-state index is 0.315. The molecule has 5 heteroatoms. The molecule has 0 bridgehead atoms. The van der Waals surface area contributed by atoms with Crippen LogP contribution in [0.5, 0.6) is 0 Å². The summed E-state index contributed by atoms with van der Waals surface area (Å²) in [5.41, 5.74) is 0. The maximum Gasteiger partial charge on any atom is 0.223 e. The summed E-state index contributed by atoms with van der Waals surface area (Å²) in [4.78, 5) is 16.6. The Bertz CT molecular complexity index is 319. The SMILES string of the molecule is O=C(CCNC1CC1)N1CCN(CC2CCCO2)CC1. The monoisotopic (exact) mass is 281 g/mol. The van der Waals surface area contributed by atoms with Gasteiger partial charge in [0.2, 0.25) is 5.91 Å². The van der Waals surface area contributed by atoms with Gasteiger partial charge in [0.15, 0.2) is 0 Å². The Hall–Kier alpha value is -0.650. The number of ether oxygens (including phenoxy) is 1. The van der Waals surface area contributed by atoms with Gasteiger partial charge in [0, 0.05) is 58.3 Å². The smallest absolute Gasteiger partial charge is 0.223 e. The predicted molar refractivity (Wildman–Crippen MR) is 77.6 cm³/mol. The van der Waals surface area contributed by atoms with Gasteiger partial charge in [-0.05, 0) is 25.7 Å². The Morgan fingerprint density at radius 2 is 1.95 bits per heavy atom. The van der Waals surface area contributed by atoms with Crippen LogP contribution in [0.25, 0.3) is 0 Å². The largest absolute Gasteiger partial charge is 0.377 e. The first-order valence-electron chi connectivity index (χ1n) is 8.16. The molecule has 3 aliphatic rings. The van der Waals surface area contributed by atoms with Crippen LogP contribution < -0.4 is 5.32 Å². The summed E-state index contributed by atoms with van der Waals surface area (Å²) in [6, 6.07) is 0.700. The molecule has 1 atom stereocenters. The molecule has 0 aromatic rings. The van der Waals surface area contributed by atoms with Crippen LogP contribution in [0.2, 0.25) is 0 Å². The van der Waals surface area contributed by atoms with E-state index in [4.69, 9.17) is 4.74 Å². The van der Waals surface area contributed by atoms with Crippen LogP contribution in [-0.4, -0.2) is 73.7 Å². The Labute approximate surface area is 121 Å². The lowest BCUT2D eigenvalue weighted by atomic mass is 10.2. The van der Waals surface area contributed by atoms with Crippen LogP contribution in [0.4, 0.5) is 0 Å². The van der Waals surface area contributed by atoms with Crippen molar-refractivity contribution >= 4 is 5.91 Å². The van der Waals surface area contributed by atoms with Gasteiger partial charge in [-0.2, -0.15) is 0 Å². The molecular formula is C15H27N3O2. The molecule has 1 aliphatic carbocycles. The summed E-state index contributed by atoms with van der Waals surface area (Å²) in [5.74, 6) is 0.315. The second kappa shape index (κ2) is 6.87.